The molecule has 11 rings (SSSR count). The third-order valence-electron chi connectivity index (χ3n) is 13.4. The molecule has 53 heavy (non-hydrogen) atoms. The van der Waals surface area contributed by atoms with Crippen LogP contribution in [0.4, 0.5) is 0 Å². The summed E-state index contributed by atoms with van der Waals surface area (Å²) in [5.74, 6) is 0. The highest BCUT2D eigenvalue weighted by Gasteiger charge is 2.39. The number of fused-ring (bicyclic) bond motifs is 13. The number of para-hydroxylation sites is 1. The van der Waals surface area contributed by atoms with Crippen LogP contribution in [-0.2, 0) is 16.2 Å². The van der Waals surface area contributed by atoms with Gasteiger partial charge in [-0.25, -0.2) is 0 Å². The fraction of sp³-hybridized carbons (Fsp3) is 0.216. The maximum atomic E-state index is 2.59. The topological polar surface area (TPSA) is 9.86 Å². The number of aromatic nitrogens is 2. The fourth-order valence-corrected chi connectivity index (χ4v) is 10.4. The van der Waals surface area contributed by atoms with Crippen LogP contribution in [0.5, 0.6) is 0 Å². The zero-order chi connectivity index (χ0) is 36.0. The molecular weight excluding hydrogens is 641 g/mol. The maximum absolute atomic E-state index is 2.59. The second-order valence-corrected chi connectivity index (χ2v) is 17.6. The van der Waals surface area contributed by atoms with Crippen molar-refractivity contribution in [3.63, 3.8) is 0 Å². The SMILES string of the molecule is CC1(C)CCC(C)(C)c2cc3c(cc21)c1c2c4c5ccccc5ccc4n(-c4ccc5c(c4)-c4ccccc4C5(C)C)c2ccc1n3-c1ccccc1. The van der Waals surface area contributed by atoms with Gasteiger partial charge in [-0.2, -0.15) is 0 Å². The first kappa shape index (κ1) is 31.0. The van der Waals surface area contributed by atoms with E-state index in [2.05, 4.69) is 184 Å². The van der Waals surface area contributed by atoms with Crippen LogP contribution >= 0.6 is 0 Å². The summed E-state index contributed by atoms with van der Waals surface area (Å²) in [4.78, 5) is 0. The summed E-state index contributed by atoms with van der Waals surface area (Å²) in [5, 5.41) is 7.92. The average molecular weight is 685 g/mol. The zero-order valence-corrected chi connectivity index (χ0v) is 31.5. The van der Waals surface area contributed by atoms with Crippen LogP contribution in [0.15, 0.2) is 133 Å². The molecule has 9 aromatic rings. The van der Waals surface area contributed by atoms with Crippen molar-refractivity contribution in [2.45, 2.75) is 70.6 Å². The largest absolute Gasteiger partial charge is 0.309 e. The molecule has 0 unspecified atom stereocenters. The molecule has 0 amide bonds. The highest BCUT2D eigenvalue weighted by Crippen LogP contribution is 2.52. The zero-order valence-electron chi connectivity index (χ0n) is 31.5. The molecule has 0 bridgehead atoms. The van der Waals surface area contributed by atoms with Crippen LogP contribution < -0.4 is 0 Å². The Balaban J connectivity index is 1.33. The Labute approximate surface area is 311 Å². The molecule has 0 saturated carbocycles. The van der Waals surface area contributed by atoms with Crippen molar-refractivity contribution < 1.29 is 0 Å². The van der Waals surface area contributed by atoms with E-state index in [9.17, 15) is 0 Å². The highest BCUT2D eigenvalue weighted by molar-refractivity contribution is 6.33. The van der Waals surface area contributed by atoms with Crippen molar-refractivity contribution in [2.75, 3.05) is 0 Å². The number of rotatable bonds is 2. The summed E-state index contributed by atoms with van der Waals surface area (Å²) >= 11 is 0. The van der Waals surface area contributed by atoms with E-state index in [4.69, 9.17) is 0 Å². The predicted octanol–water partition coefficient (Wildman–Crippen LogP) is 13.7. The molecule has 0 aliphatic heterocycles. The summed E-state index contributed by atoms with van der Waals surface area (Å²) in [6.07, 6.45) is 2.38. The first-order chi connectivity index (χ1) is 25.5. The van der Waals surface area contributed by atoms with Crippen molar-refractivity contribution in [2.24, 2.45) is 0 Å². The Morgan fingerprint density at radius 2 is 0.981 bits per heavy atom. The van der Waals surface area contributed by atoms with Gasteiger partial charge in [0.15, 0.2) is 0 Å². The molecule has 0 radical (unpaired) electrons. The van der Waals surface area contributed by atoms with Crippen LogP contribution in [0.1, 0.15) is 76.6 Å². The Hall–Kier alpha value is -5.60. The molecule has 2 aromatic heterocycles. The van der Waals surface area contributed by atoms with E-state index < -0.39 is 0 Å². The summed E-state index contributed by atoms with van der Waals surface area (Å²) in [6.45, 7) is 14.5. The number of nitrogens with zero attached hydrogens (tertiary/aromatic N) is 2. The van der Waals surface area contributed by atoms with Crippen LogP contribution in [0.3, 0.4) is 0 Å². The Morgan fingerprint density at radius 3 is 1.75 bits per heavy atom. The van der Waals surface area contributed by atoms with Gasteiger partial charge in [-0.1, -0.05) is 120 Å². The van der Waals surface area contributed by atoms with Crippen LogP contribution in [0.2, 0.25) is 0 Å². The molecule has 2 heterocycles. The van der Waals surface area contributed by atoms with Gasteiger partial charge in [-0.3, -0.25) is 0 Å². The monoisotopic (exact) mass is 684 g/mol. The van der Waals surface area contributed by atoms with Gasteiger partial charge in [0.05, 0.1) is 22.1 Å². The highest BCUT2D eigenvalue weighted by atomic mass is 15.0. The van der Waals surface area contributed by atoms with E-state index in [1.165, 1.54) is 112 Å². The molecule has 0 N–H and O–H groups in total. The van der Waals surface area contributed by atoms with E-state index in [0.29, 0.717) is 0 Å². The first-order valence-corrected chi connectivity index (χ1v) is 19.3. The van der Waals surface area contributed by atoms with Crippen LogP contribution in [-0.4, -0.2) is 9.13 Å². The summed E-state index contributed by atoms with van der Waals surface area (Å²) in [6, 6.07) is 50.7. The lowest BCUT2D eigenvalue weighted by Crippen LogP contribution is -2.33. The lowest BCUT2D eigenvalue weighted by molar-refractivity contribution is 0.332. The number of hydrogen-bond acceptors (Lipinski definition) is 0. The quantitative estimate of drug-likeness (QED) is 0.172. The van der Waals surface area contributed by atoms with Gasteiger partial charge in [0.2, 0.25) is 0 Å². The summed E-state index contributed by atoms with van der Waals surface area (Å²) in [5.41, 5.74) is 16.1. The molecule has 2 aliphatic rings. The van der Waals surface area contributed by atoms with Crippen molar-refractivity contribution >= 4 is 54.4 Å². The van der Waals surface area contributed by atoms with E-state index in [1.807, 2.05) is 0 Å². The molecule has 0 atom stereocenters. The average Bonchev–Trinajstić information content (AvgIpc) is 3.76. The lowest BCUT2D eigenvalue weighted by atomic mass is 9.63. The Bertz CT molecular complexity index is 3020. The third kappa shape index (κ3) is 4.04. The molecule has 2 nitrogen and oxygen atoms in total. The van der Waals surface area contributed by atoms with Crippen molar-refractivity contribution in [3.05, 3.63) is 156 Å². The van der Waals surface area contributed by atoms with Gasteiger partial charge < -0.3 is 9.13 Å². The van der Waals surface area contributed by atoms with Crippen molar-refractivity contribution in [3.8, 4) is 22.5 Å². The molecule has 0 spiro atoms. The van der Waals surface area contributed by atoms with Crippen molar-refractivity contribution in [1.29, 1.82) is 0 Å². The van der Waals surface area contributed by atoms with Gasteiger partial charge in [0.1, 0.15) is 0 Å². The molecule has 0 fully saturated rings. The minimum atomic E-state index is -0.0333. The van der Waals surface area contributed by atoms with Gasteiger partial charge in [0, 0.05) is 38.3 Å². The van der Waals surface area contributed by atoms with E-state index in [1.54, 1.807) is 0 Å². The fourth-order valence-electron chi connectivity index (χ4n) is 10.4. The molecule has 2 heteroatoms. The lowest BCUT2D eigenvalue weighted by Gasteiger charge is -2.42. The molecule has 0 saturated heterocycles. The first-order valence-electron chi connectivity index (χ1n) is 19.3. The van der Waals surface area contributed by atoms with E-state index in [0.717, 1.165) is 0 Å². The molecule has 2 aliphatic carbocycles. The smallest absolute Gasteiger partial charge is 0.0549 e. The second kappa shape index (κ2) is 10.3. The summed E-state index contributed by atoms with van der Waals surface area (Å²) < 4.78 is 5.08. The van der Waals surface area contributed by atoms with Crippen LogP contribution in [0.25, 0.3) is 76.9 Å². The normalized spacial score (nSPS) is 16.8. The van der Waals surface area contributed by atoms with Gasteiger partial charge in [0.25, 0.3) is 0 Å². The number of hydrogen-bond donors (Lipinski definition) is 0. The summed E-state index contributed by atoms with van der Waals surface area (Å²) in [7, 11) is 0. The van der Waals surface area contributed by atoms with E-state index >= 15 is 0 Å². The second-order valence-electron chi connectivity index (χ2n) is 17.6. The van der Waals surface area contributed by atoms with Crippen molar-refractivity contribution in [1.82, 2.24) is 9.13 Å². The van der Waals surface area contributed by atoms with Gasteiger partial charge in [-0.15, -0.1) is 0 Å². The Morgan fingerprint density at radius 1 is 0.396 bits per heavy atom. The molecule has 258 valence electrons. The third-order valence-corrected chi connectivity index (χ3v) is 13.4. The van der Waals surface area contributed by atoms with Gasteiger partial charge >= 0.3 is 0 Å². The Kier molecular flexibility index (Phi) is 6.01. The van der Waals surface area contributed by atoms with Crippen LogP contribution in [0, 0.1) is 0 Å². The van der Waals surface area contributed by atoms with E-state index in [-0.39, 0.29) is 16.2 Å². The molecular formula is C51H44N2. The standard InChI is InChI=1S/C51H44N2/c1-49(2)26-27-50(3,4)41-30-45-37(29-40(41)49)47-43(52(45)32-15-8-7-9-16-32)24-25-44-48(47)46-34-17-11-10-14-31(34)20-23-42(46)53(44)33-21-22-39-36(28-33)35-18-12-13-19-38(35)51(39,5)6/h7-25,28-30H,26-27H2,1-6H3. The minimum absolute atomic E-state index is 0.0333. The minimum Gasteiger partial charge on any atom is -0.309 e. The maximum Gasteiger partial charge on any atom is 0.0549 e. The molecule has 7 aromatic carbocycles. The number of benzene rings is 7. The predicted molar refractivity (Wildman–Crippen MR) is 225 cm³/mol. The van der Waals surface area contributed by atoms with Gasteiger partial charge in [-0.05, 0) is 122 Å².